The number of carbonyl (C=O) groups excluding carboxylic acids is 1. The molecule has 0 aliphatic carbocycles. The van der Waals surface area contributed by atoms with Gasteiger partial charge in [0.25, 0.3) is 0 Å². The molecule has 1 amide bonds. The van der Waals surface area contributed by atoms with Crippen molar-refractivity contribution < 1.29 is 13.9 Å². The minimum absolute atomic E-state index is 0.295. The van der Waals surface area contributed by atoms with Gasteiger partial charge in [-0.25, -0.2) is 0 Å². The molecule has 0 aliphatic heterocycles. The minimum Gasteiger partial charge on any atom is -0.495 e. The fraction of sp³-hybridized carbons (Fsp3) is 0.0741. The number of anilines is 1. The Balaban J connectivity index is 1.31. The average molecular weight is 519 g/mol. The molecular weight excluding hydrogens is 499 g/mol. The van der Waals surface area contributed by atoms with E-state index in [1.54, 1.807) is 49.6 Å². The monoisotopic (exact) mass is 518 g/mol. The van der Waals surface area contributed by atoms with E-state index < -0.39 is 0 Å². The first-order valence-electron chi connectivity index (χ1n) is 11.0. The van der Waals surface area contributed by atoms with Crippen LogP contribution >= 0.6 is 23.2 Å². The van der Waals surface area contributed by atoms with Gasteiger partial charge in [0.15, 0.2) is 0 Å². The number of amides is 1. The third-order valence-electron chi connectivity index (χ3n) is 5.51. The molecule has 7 nitrogen and oxygen atoms in total. The van der Waals surface area contributed by atoms with Gasteiger partial charge in [0.1, 0.15) is 28.3 Å². The number of hydrogen-bond donors (Lipinski definition) is 1. The lowest BCUT2D eigenvalue weighted by atomic mass is 10.1. The van der Waals surface area contributed by atoms with Gasteiger partial charge in [-0.05, 0) is 85.3 Å². The number of halogens is 2. The predicted octanol–water partition coefficient (Wildman–Crippen LogP) is 6.96. The first-order valence-corrected chi connectivity index (χ1v) is 11.7. The second-order valence-electron chi connectivity index (χ2n) is 8.00. The summed E-state index contributed by atoms with van der Waals surface area (Å²) in [4.78, 5) is 14.1. The van der Waals surface area contributed by atoms with E-state index in [1.807, 2.05) is 37.3 Å². The van der Waals surface area contributed by atoms with Gasteiger partial charge < -0.3 is 14.5 Å². The van der Waals surface area contributed by atoms with Crippen molar-refractivity contribution in [2.45, 2.75) is 6.92 Å². The number of methoxy groups -OCH3 is 1. The Morgan fingerprint density at radius 3 is 2.47 bits per heavy atom. The van der Waals surface area contributed by atoms with Crippen molar-refractivity contribution in [3.8, 4) is 22.8 Å². The number of benzene rings is 3. The lowest BCUT2D eigenvalue weighted by Gasteiger charge is -2.05. The summed E-state index contributed by atoms with van der Waals surface area (Å²) in [5.41, 5.74) is 4.41. The first-order chi connectivity index (χ1) is 17.4. The zero-order valence-corrected chi connectivity index (χ0v) is 20.8. The molecule has 0 saturated heterocycles. The predicted molar refractivity (Wildman–Crippen MR) is 142 cm³/mol. The van der Waals surface area contributed by atoms with Crippen molar-refractivity contribution >= 4 is 51.9 Å². The number of furan rings is 1. The van der Waals surface area contributed by atoms with Gasteiger partial charge in [-0.2, -0.15) is 4.80 Å². The highest BCUT2D eigenvalue weighted by molar-refractivity contribution is 6.32. The van der Waals surface area contributed by atoms with Crippen molar-refractivity contribution in [2.24, 2.45) is 0 Å². The van der Waals surface area contributed by atoms with E-state index in [4.69, 9.17) is 32.4 Å². The van der Waals surface area contributed by atoms with Crippen molar-refractivity contribution in [3.63, 3.8) is 0 Å². The molecule has 36 heavy (non-hydrogen) atoms. The lowest BCUT2D eigenvalue weighted by Crippen LogP contribution is -2.08. The molecule has 0 fully saturated rings. The fourth-order valence-corrected chi connectivity index (χ4v) is 4.02. The molecule has 2 aromatic heterocycles. The molecule has 5 aromatic rings. The Morgan fingerprint density at radius 2 is 1.75 bits per heavy atom. The zero-order valence-electron chi connectivity index (χ0n) is 19.3. The Hall–Kier alpha value is -4.07. The van der Waals surface area contributed by atoms with E-state index >= 15 is 0 Å². The van der Waals surface area contributed by atoms with Gasteiger partial charge in [-0.15, -0.1) is 10.2 Å². The van der Waals surface area contributed by atoms with Gasteiger partial charge in [0.2, 0.25) is 5.91 Å². The van der Waals surface area contributed by atoms with Gasteiger partial charge in [0, 0.05) is 22.3 Å². The van der Waals surface area contributed by atoms with E-state index in [9.17, 15) is 4.79 Å². The summed E-state index contributed by atoms with van der Waals surface area (Å²) in [5, 5.41) is 13.1. The number of aryl methyl sites for hydroxylation is 1. The molecule has 180 valence electrons. The summed E-state index contributed by atoms with van der Waals surface area (Å²) in [6, 6.07) is 19.9. The summed E-state index contributed by atoms with van der Waals surface area (Å²) < 4.78 is 11.0. The molecular formula is C27H20Cl2N4O3. The minimum atomic E-state index is -0.295. The molecule has 0 saturated carbocycles. The molecule has 5 rings (SSSR count). The van der Waals surface area contributed by atoms with Crippen LogP contribution in [0.25, 0.3) is 34.1 Å². The quantitative estimate of drug-likeness (QED) is 0.246. The second kappa shape index (κ2) is 9.89. The normalized spacial score (nSPS) is 11.3. The van der Waals surface area contributed by atoms with Gasteiger partial charge in [-0.1, -0.05) is 23.2 Å². The van der Waals surface area contributed by atoms with Crippen LogP contribution in [0.4, 0.5) is 5.69 Å². The standard InChI is InChI=1S/C27H20Cl2N4O3/c1-16-13-23-24(32-33(31-23)19-7-10-26(35-2)21(29)14-19)15-22(16)30-27(34)12-9-20-8-11-25(36-20)17-3-5-18(28)6-4-17/h3-15H,1-2H3,(H,30,34)/b12-9+. The number of hydrogen-bond acceptors (Lipinski definition) is 5. The Bertz CT molecular complexity index is 1600. The molecule has 2 heterocycles. The number of aromatic nitrogens is 3. The third-order valence-corrected chi connectivity index (χ3v) is 6.05. The number of nitrogens with zero attached hydrogens (tertiary/aromatic N) is 3. The Labute approximate surface area is 216 Å². The molecule has 0 radical (unpaired) electrons. The highest BCUT2D eigenvalue weighted by Gasteiger charge is 2.11. The number of ether oxygens (including phenoxy) is 1. The maximum atomic E-state index is 12.6. The van der Waals surface area contributed by atoms with Crippen LogP contribution in [-0.4, -0.2) is 28.0 Å². The lowest BCUT2D eigenvalue weighted by molar-refractivity contribution is -0.111. The molecule has 0 bridgehead atoms. The first kappa shape index (κ1) is 23.7. The summed E-state index contributed by atoms with van der Waals surface area (Å²) in [6.07, 6.45) is 3.04. The Morgan fingerprint density at radius 1 is 1.00 bits per heavy atom. The summed E-state index contributed by atoms with van der Waals surface area (Å²) >= 11 is 12.2. The van der Waals surface area contributed by atoms with E-state index in [0.29, 0.717) is 49.7 Å². The van der Waals surface area contributed by atoms with Crippen LogP contribution < -0.4 is 10.1 Å². The van der Waals surface area contributed by atoms with Crippen LogP contribution in [0, 0.1) is 6.92 Å². The van der Waals surface area contributed by atoms with E-state index in [1.165, 1.54) is 10.9 Å². The summed E-state index contributed by atoms with van der Waals surface area (Å²) in [5.74, 6) is 1.52. The molecule has 3 aromatic carbocycles. The Kier molecular flexibility index (Phi) is 6.50. The van der Waals surface area contributed by atoms with Gasteiger partial charge in [-0.3, -0.25) is 4.79 Å². The molecule has 0 spiro atoms. The molecule has 0 aliphatic rings. The fourth-order valence-electron chi connectivity index (χ4n) is 3.64. The van der Waals surface area contributed by atoms with Crippen molar-refractivity contribution in [2.75, 3.05) is 12.4 Å². The van der Waals surface area contributed by atoms with Crippen LogP contribution in [0.2, 0.25) is 10.0 Å². The second-order valence-corrected chi connectivity index (χ2v) is 8.84. The van der Waals surface area contributed by atoms with Crippen LogP contribution in [0.5, 0.6) is 5.75 Å². The summed E-state index contributed by atoms with van der Waals surface area (Å²) in [7, 11) is 1.56. The van der Waals surface area contributed by atoms with Crippen LogP contribution in [0.15, 0.2) is 77.2 Å². The smallest absolute Gasteiger partial charge is 0.248 e. The molecule has 0 atom stereocenters. The van der Waals surface area contributed by atoms with E-state index in [-0.39, 0.29) is 5.91 Å². The van der Waals surface area contributed by atoms with Crippen molar-refractivity contribution in [3.05, 3.63) is 94.2 Å². The van der Waals surface area contributed by atoms with Crippen molar-refractivity contribution in [1.82, 2.24) is 15.0 Å². The van der Waals surface area contributed by atoms with E-state index in [0.717, 1.165) is 11.1 Å². The maximum Gasteiger partial charge on any atom is 0.248 e. The number of carbonyl (C=O) groups is 1. The highest BCUT2D eigenvalue weighted by atomic mass is 35.5. The molecule has 0 unspecified atom stereocenters. The topological polar surface area (TPSA) is 82.2 Å². The largest absolute Gasteiger partial charge is 0.495 e. The van der Waals surface area contributed by atoms with Crippen molar-refractivity contribution in [1.29, 1.82) is 0 Å². The number of fused-ring (bicyclic) bond motifs is 1. The van der Waals surface area contributed by atoms with Crippen LogP contribution in [-0.2, 0) is 4.79 Å². The zero-order chi connectivity index (χ0) is 25.2. The maximum absolute atomic E-state index is 12.6. The number of nitrogens with one attached hydrogen (secondary N) is 1. The van der Waals surface area contributed by atoms with Crippen LogP contribution in [0.3, 0.4) is 0 Å². The highest BCUT2D eigenvalue weighted by Crippen LogP contribution is 2.28. The molecule has 9 heteroatoms. The third kappa shape index (κ3) is 4.98. The molecule has 1 N–H and O–H groups in total. The van der Waals surface area contributed by atoms with Crippen LogP contribution in [0.1, 0.15) is 11.3 Å². The average Bonchev–Trinajstić information content (AvgIpc) is 3.50. The number of rotatable bonds is 6. The van der Waals surface area contributed by atoms with Gasteiger partial charge in [0.05, 0.1) is 17.8 Å². The SMILES string of the molecule is COc1ccc(-n2nc3cc(C)c(NC(=O)/C=C/c4ccc(-c5ccc(Cl)cc5)o4)cc3n2)cc1Cl. The summed E-state index contributed by atoms with van der Waals surface area (Å²) in [6.45, 7) is 1.90. The van der Waals surface area contributed by atoms with Gasteiger partial charge >= 0.3 is 0 Å². The van der Waals surface area contributed by atoms with E-state index in [2.05, 4.69) is 15.5 Å².